The van der Waals surface area contributed by atoms with Gasteiger partial charge in [-0.3, -0.25) is 9.80 Å². The molecule has 0 aliphatic carbocycles. The monoisotopic (exact) mass is 382 g/mol. The molecule has 0 saturated carbocycles. The van der Waals surface area contributed by atoms with E-state index in [1.165, 1.54) is 18.4 Å². The molecule has 27 heavy (non-hydrogen) atoms. The molecule has 0 bridgehead atoms. The first-order chi connectivity index (χ1) is 12.8. The fraction of sp³-hybridized carbons (Fsp3) is 0.391. The van der Waals surface area contributed by atoms with Gasteiger partial charge >= 0.3 is 0 Å². The second-order valence-corrected chi connectivity index (χ2v) is 7.39. The lowest BCUT2D eigenvalue weighted by molar-refractivity contribution is -0.00325. The lowest BCUT2D eigenvalue weighted by Gasteiger charge is -2.33. The van der Waals surface area contributed by atoms with Crippen molar-refractivity contribution in [2.45, 2.75) is 25.6 Å². The molecule has 3 nitrogen and oxygen atoms in total. The fourth-order valence-electron chi connectivity index (χ4n) is 4.03. The molecule has 2 heterocycles. The SMILES string of the molecule is Cl.OC1c2ccccc2CN1CC1CCN(CC#Cc2ccccc2)CC1. The van der Waals surface area contributed by atoms with E-state index in [-0.39, 0.29) is 12.4 Å². The second-order valence-electron chi connectivity index (χ2n) is 7.39. The molecule has 2 aromatic carbocycles. The maximum atomic E-state index is 10.5. The summed E-state index contributed by atoms with van der Waals surface area (Å²) in [5, 5.41) is 10.5. The Hall–Kier alpha value is -1.83. The maximum Gasteiger partial charge on any atom is 0.134 e. The number of likely N-dealkylation sites (tertiary alicyclic amines) is 1. The summed E-state index contributed by atoms with van der Waals surface area (Å²) in [5.74, 6) is 7.21. The molecule has 0 aromatic heterocycles. The molecule has 2 aliphatic heterocycles. The van der Waals surface area contributed by atoms with E-state index in [2.05, 4.69) is 45.9 Å². The lowest BCUT2D eigenvalue weighted by Crippen LogP contribution is -2.38. The van der Waals surface area contributed by atoms with Gasteiger partial charge in [0.05, 0.1) is 6.54 Å². The largest absolute Gasteiger partial charge is 0.374 e. The molecule has 1 saturated heterocycles. The third kappa shape index (κ3) is 4.91. The van der Waals surface area contributed by atoms with E-state index in [0.717, 1.165) is 43.9 Å². The Balaban J connectivity index is 0.00000210. The highest BCUT2D eigenvalue weighted by Gasteiger charge is 2.30. The first-order valence-electron chi connectivity index (χ1n) is 9.56. The summed E-state index contributed by atoms with van der Waals surface area (Å²) in [7, 11) is 0. The zero-order chi connectivity index (χ0) is 17.8. The third-order valence-electron chi connectivity index (χ3n) is 5.56. The Morgan fingerprint density at radius 1 is 0.963 bits per heavy atom. The summed E-state index contributed by atoms with van der Waals surface area (Å²) in [6, 6.07) is 18.4. The van der Waals surface area contributed by atoms with E-state index in [0.29, 0.717) is 5.92 Å². The summed E-state index contributed by atoms with van der Waals surface area (Å²) in [4.78, 5) is 4.67. The van der Waals surface area contributed by atoms with Crippen LogP contribution in [-0.4, -0.2) is 41.1 Å². The van der Waals surface area contributed by atoms with Gasteiger partial charge < -0.3 is 5.11 Å². The summed E-state index contributed by atoms with van der Waals surface area (Å²) < 4.78 is 0. The molecule has 1 unspecified atom stereocenters. The molecule has 2 aromatic rings. The molecule has 1 N–H and O–H groups in total. The highest BCUT2D eigenvalue weighted by atomic mass is 35.5. The minimum atomic E-state index is -0.430. The van der Waals surface area contributed by atoms with Gasteiger partial charge in [0, 0.05) is 18.7 Å². The second kappa shape index (κ2) is 9.39. The van der Waals surface area contributed by atoms with Crippen LogP contribution >= 0.6 is 12.4 Å². The number of rotatable bonds is 3. The Morgan fingerprint density at radius 2 is 1.67 bits per heavy atom. The van der Waals surface area contributed by atoms with Crippen LogP contribution in [0.2, 0.25) is 0 Å². The van der Waals surface area contributed by atoms with E-state index in [9.17, 15) is 5.11 Å². The average Bonchev–Trinajstić information content (AvgIpc) is 3.00. The molecule has 1 fully saturated rings. The van der Waals surface area contributed by atoms with E-state index in [1.54, 1.807) is 0 Å². The predicted octanol–water partition coefficient (Wildman–Crippen LogP) is 3.68. The summed E-state index contributed by atoms with van der Waals surface area (Å²) in [5.41, 5.74) is 3.44. The predicted molar refractivity (Wildman–Crippen MR) is 112 cm³/mol. The molecule has 142 valence electrons. The van der Waals surface area contributed by atoms with Crippen LogP contribution in [0, 0.1) is 17.8 Å². The van der Waals surface area contributed by atoms with Gasteiger partial charge in [0.25, 0.3) is 0 Å². The summed E-state index contributed by atoms with van der Waals surface area (Å²) >= 11 is 0. The minimum absolute atomic E-state index is 0. The van der Waals surface area contributed by atoms with Gasteiger partial charge in [-0.05, 0) is 55.1 Å². The number of aliphatic hydroxyl groups is 1. The average molecular weight is 383 g/mol. The van der Waals surface area contributed by atoms with Gasteiger partial charge in [0.1, 0.15) is 6.23 Å². The number of aliphatic hydroxyl groups excluding tert-OH is 1. The van der Waals surface area contributed by atoms with Crippen LogP contribution in [0.4, 0.5) is 0 Å². The van der Waals surface area contributed by atoms with Crippen LogP contribution in [0.15, 0.2) is 54.6 Å². The topological polar surface area (TPSA) is 26.7 Å². The molecule has 0 radical (unpaired) electrons. The maximum absolute atomic E-state index is 10.5. The fourth-order valence-corrected chi connectivity index (χ4v) is 4.03. The lowest BCUT2D eigenvalue weighted by atomic mass is 9.96. The highest BCUT2D eigenvalue weighted by molar-refractivity contribution is 5.85. The zero-order valence-corrected chi connectivity index (χ0v) is 16.4. The quantitative estimate of drug-likeness (QED) is 0.820. The summed E-state index contributed by atoms with van der Waals surface area (Å²) in [6.45, 7) is 4.91. The smallest absolute Gasteiger partial charge is 0.134 e. The first kappa shape index (κ1) is 19.9. The van der Waals surface area contributed by atoms with Crippen molar-refractivity contribution in [3.8, 4) is 11.8 Å². The third-order valence-corrected chi connectivity index (χ3v) is 5.56. The number of fused-ring (bicyclic) bond motifs is 1. The van der Waals surface area contributed by atoms with Gasteiger partial charge in [0.2, 0.25) is 0 Å². The molecule has 0 spiro atoms. The van der Waals surface area contributed by atoms with Crippen molar-refractivity contribution >= 4 is 12.4 Å². The molecule has 0 amide bonds. The Bertz CT molecular complexity index is 791. The normalized spacial score (nSPS) is 20.4. The molecule has 2 aliphatic rings. The van der Waals surface area contributed by atoms with Gasteiger partial charge in [0.15, 0.2) is 0 Å². The zero-order valence-electron chi connectivity index (χ0n) is 15.6. The van der Waals surface area contributed by atoms with Crippen LogP contribution in [0.25, 0.3) is 0 Å². The molecule has 4 heteroatoms. The Morgan fingerprint density at radius 3 is 2.41 bits per heavy atom. The van der Waals surface area contributed by atoms with Crippen LogP contribution in [0.3, 0.4) is 0 Å². The van der Waals surface area contributed by atoms with Gasteiger partial charge in [-0.2, -0.15) is 0 Å². The number of halogens is 1. The molecular weight excluding hydrogens is 356 g/mol. The molecule has 1 atom stereocenters. The van der Waals surface area contributed by atoms with Crippen LogP contribution in [0.1, 0.15) is 35.8 Å². The van der Waals surface area contributed by atoms with Crippen molar-refractivity contribution in [3.63, 3.8) is 0 Å². The number of benzene rings is 2. The number of hydrogen-bond donors (Lipinski definition) is 1. The highest BCUT2D eigenvalue weighted by Crippen LogP contribution is 2.33. The van der Waals surface area contributed by atoms with E-state index < -0.39 is 6.23 Å². The van der Waals surface area contributed by atoms with Crippen molar-refractivity contribution in [3.05, 3.63) is 71.3 Å². The van der Waals surface area contributed by atoms with Crippen molar-refractivity contribution in [1.29, 1.82) is 0 Å². The van der Waals surface area contributed by atoms with Crippen LogP contribution in [-0.2, 0) is 6.54 Å². The van der Waals surface area contributed by atoms with Gasteiger partial charge in [-0.25, -0.2) is 0 Å². The summed E-state index contributed by atoms with van der Waals surface area (Å²) in [6.07, 6.45) is 1.94. The van der Waals surface area contributed by atoms with Gasteiger partial charge in [-0.1, -0.05) is 54.3 Å². The van der Waals surface area contributed by atoms with Crippen molar-refractivity contribution in [2.24, 2.45) is 5.92 Å². The van der Waals surface area contributed by atoms with E-state index in [4.69, 9.17) is 0 Å². The number of hydrogen-bond acceptors (Lipinski definition) is 3. The molecular formula is C23H27ClN2O. The van der Waals surface area contributed by atoms with Crippen molar-refractivity contribution in [2.75, 3.05) is 26.2 Å². The molecule has 4 rings (SSSR count). The standard InChI is InChI=1S/C23H26N2O.ClH/c26-23-22-11-5-4-10-21(22)18-25(23)17-20-12-15-24(16-13-20)14-6-9-19-7-2-1-3-8-19;/h1-5,7-8,10-11,20,23,26H,12-18H2;1H. The first-order valence-corrected chi connectivity index (χ1v) is 9.56. The van der Waals surface area contributed by atoms with Crippen molar-refractivity contribution < 1.29 is 5.11 Å². The number of nitrogens with zero attached hydrogens (tertiary/aromatic N) is 2. The Labute approximate surface area is 168 Å². The van der Waals surface area contributed by atoms with Crippen LogP contribution in [0.5, 0.6) is 0 Å². The van der Waals surface area contributed by atoms with Crippen molar-refractivity contribution in [1.82, 2.24) is 9.80 Å². The van der Waals surface area contributed by atoms with Gasteiger partial charge in [-0.15, -0.1) is 12.4 Å². The minimum Gasteiger partial charge on any atom is -0.374 e. The van der Waals surface area contributed by atoms with E-state index >= 15 is 0 Å². The Kier molecular flexibility index (Phi) is 6.93. The van der Waals surface area contributed by atoms with Crippen LogP contribution < -0.4 is 0 Å². The van der Waals surface area contributed by atoms with E-state index in [1.807, 2.05) is 30.3 Å². The number of piperidine rings is 1.